The van der Waals surface area contributed by atoms with E-state index in [1.807, 2.05) is 24.2 Å². The van der Waals surface area contributed by atoms with Crippen LogP contribution < -0.4 is 15.1 Å². The Balaban J connectivity index is 1.72. The second-order valence-corrected chi connectivity index (χ2v) is 8.15. The van der Waals surface area contributed by atoms with Gasteiger partial charge in [-0.3, -0.25) is 4.79 Å². The Morgan fingerprint density at radius 1 is 1.25 bits per heavy atom. The Labute approximate surface area is 167 Å². The molecule has 1 fully saturated rings. The lowest BCUT2D eigenvalue weighted by Gasteiger charge is -2.31. The zero-order valence-electron chi connectivity index (χ0n) is 16.9. The summed E-state index contributed by atoms with van der Waals surface area (Å²) in [6.45, 7) is 7.32. The van der Waals surface area contributed by atoms with Crippen molar-refractivity contribution >= 4 is 17.8 Å². The molecule has 1 aromatic carbocycles. The Kier molecular flexibility index (Phi) is 5.31. The van der Waals surface area contributed by atoms with Crippen LogP contribution in [0, 0.1) is 5.92 Å². The van der Waals surface area contributed by atoms with Crippen molar-refractivity contribution in [2.45, 2.75) is 38.8 Å². The van der Waals surface area contributed by atoms with E-state index in [0.717, 1.165) is 61.7 Å². The van der Waals surface area contributed by atoms with Crippen LogP contribution in [0.25, 0.3) is 11.4 Å². The standard InChI is InChI=1S/C22H29N5O/c1-15(2)17-6-4-5-7-18(17)21-24-12-19-22(25-21)27(20(14-28)26(19)3)13-16-8-10-23-11-9-16/h4-7,12,14-16,20,23H,8-11,13H2,1-3H3. The van der Waals surface area contributed by atoms with Crippen LogP contribution in [-0.4, -0.2) is 49.1 Å². The third-order valence-corrected chi connectivity index (χ3v) is 5.98. The molecule has 0 radical (unpaired) electrons. The number of carbonyl (C=O) groups excluding carboxylic acids is 1. The first-order valence-corrected chi connectivity index (χ1v) is 10.2. The van der Waals surface area contributed by atoms with Gasteiger partial charge in [-0.05, 0) is 43.3 Å². The highest BCUT2D eigenvalue weighted by Crippen LogP contribution is 2.39. The van der Waals surface area contributed by atoms with Crippen molar-refractivity contribution in [3.63, 3.8) is 0 Å². The number of hydrogen-bond acceptors (Lipinski definition) is 6. The Bertz CT molecular complexity index is 847. The molecule has 0 saturated carbocycles. The summed E-state index contributed by atoms with van der Waals surface area (Å²) in [7, 11) is 1.95. The van der Waals surface area contributed by atoms with Gasteiger partial charge in [0.2, 0.25) is 0 Å². The van der Waals surface area contributed by atoms with E-state index >= 15 is 0 Å². The van der Waals surface area contributed by atoms with Crippen molar-refractivity contribution < 1.29 is 4.79 Å². The number of fused-ring (bicyclic) bond motifs is 1. The quantitative estimate of drug-likeness (QED) is 0.806. The Morgan fingerprint density at radius 2 is 2.00 bits per heavy atom. The monoisotopic (exact) mass is 379 g/mol. The summed E-state index contributed by atoms with van der Waals surface area (Å²) in [6, 6.07) is 8.32. The number of hydrogen-bond donors (Lipinski definition) is 1. The second-order valence-electron chi connectivity index (χ2n) is 8.15. The van der Waals surface area contributed by atoms with Gasteiger partial charge >= 0.3 is 0 Å². The average molecular weight is 380 g/mol. The summed E-state index contributed by atoms with van der Waals surface area (Å²) in [6.07, 6.45) is 4.85. The number of likely N-dealkylation sites (N-methyl/N-ethyl adjacent to an activating group) is 1. The molecule has 0 spiro atoms. The first kappa shape index (κ1) is 18.9. The molecular formula is C22H29N5O. The predicted molar refractivity (Wildman–Crippen MR) is 113 cm³/mol. The summed E-state index contributed by atoms with van der Waals surface area (Å²) >= 11 is 0. The van der Waals surface area contributed by atoms with Crippen molar-refractivity contribution in [3.05, 3.63) is 36.0 Å². The molecule has 0 aliphatic carbocycles. The molecule has 1 atom stereocenters. The molecule has 1 aromatic heterocycles. The highest BCUT2D eigenvalue weighted by atomic mass is 16.1. The number of benzene rings is 1. The minimum atomic E-state index is -0.310. The molecule has 28 heavy (non-hydrogen) atoms. The van der Waals surface area contributed by atoms with Crippen LogP contribution in [0.3, 0.4) is 0 Å². The number of carbonyl (C=O) groups is 1. The van der Waals surface area contributed by atoms with Crippen molar-refractivity contribution in [2.24, 2.45) is 5.92 Å². The van der Waals surface area contributed by atoms with Crippen LogP contribution in [0.4, 0.5) is 11.5 Å². The van der Waals surface area contributed by atoms with Crippen LogP contribution in [0.15, 0.2) is 30.5 Å². The van der Waals surface area contributed by atoms with Crippen molar-refractivity contribution in [1.82, 2.24) is 15.3 Å². The number of nitrogens with zero attached hydrogens (tertiary/aromatic N) is 4. The van der Waals surface area contributed by atoms with E-state index in [1.165, 1.54) is 5.56 Å². The summed E-state index contributed by atoms with van der Waals surface area (Å²) in [5, 5.41) is 3.42. The topological polar surface area (TPSA) is 61.4 Å². The van der Waals surface area contributed by atoms with Gasteiger partial charge in [0, 0.05) is 19.2 Å². The smallest absolute Gasteiger partial charge is 0.163 e. The number of piperidine rings is 1. The molecule has 148 valence electrons. The zero-order valence-corrected chi connectivity index (χ0v) is 16.9. The largest absolute Gasteiger partial charge is 0.344 e. The fourth-order valence-electron chi connectivity index (χ4n) is 4.34. The molecule has 2 aliphatic rings. The number of aromatic nitrogens is 2. The molecule has 0 bridgehead atoms. The SMILES string of the molecule is CC(C)c1ccccc1-c1ncc2c(n1)N(CC1CCNCC1)C(C=O)N2C. The third-order valence-electron chi connectivity index (χ3n) is 5.98. The first-order chi connectivity index (χ1) is 13.6. The predicted octanol–water partition coefficient (Wildman–Crippen LogP) is 3.05. The number of aldehydes is 1. The van der Waals surface area contributed by atoms with Crippen molar-refractivity contribution in [1.29, 1.82) is 0 Å². The van der Waals surface area contributed by atoms with E-state index in [9.17, 15) is 4.79 Å². The van der Waals surface area contributed by atoms with Crippen LogP contribution in [0.5, 0.6) is 0 Å². The summed E-state index contributed by atoms with van der Waals surface area (Å²) in [5.41, 5.74) is 3.24. The summed E-state index contributed by atoms with van der Waals surface area (Å²) < 4.78 is 0. The minimum Gasteiger partial charge on any atom is -0.344 e. The maximum Gasteiger partial charge on any atom is 0.163 e. The van der Waals surface area contributed by atoms with Gasteiger partial charge in [0.15, 0.2) is 24.1 Å². The molecule has 3 heterocycles. The summed E-state index contributed by atoms with van der Waals surface area (Å²) in [4.78, 5) is 25.7. The Hall–Kier alpha value is -2.47. The second kappa shape index (κ2) is 7.87. The lowest BCUT2D eigenvalue weighted by Crippen LogP contribution is -2.46. The number of anilines is 2. The molecule has 6 nitrogen and oxygen atoms in total. The molecule has 1 N–H and O–H groups in total. The molecule has 2 aromatic rings. The molecule has 4 rings (SSSR count). The van der Waals surface area contributed by atoms with Gasteiger partial charge in [-0.1, -0.05) is 38.1 Å². The molecule has 1 unspecified atom stereocenters. The van der Waals surface area contributed by atoms with E-state index in [-0.39, 0.29) is 6.17 Å². The summed E-state index contributed by atoms with van der Waals surface area (Å²) in [5.74, 6) is 2.58. The normalized spacial score (nSPS) is 19.9. The first-order valence-electron chi connectivity index (χ1n) is 10.2. The fraction of sp³-hybridized carbons (Fsp3) is 0.500. The van der Waals surface area contributed by atoms with E-state index in [4.69, 9.17) is 4.98 Å². The van der Waals surface area contributed by atoms with Gasteiger partial charge in [-0.15, -0.1) is 0 Å². The molecule has 6 heteroatoms. The number of nitrogens with one attached hydrogen (secondary N) is 1. The molecular weight excluding hydrogens is 350 g/mol. The highest BCUT2D eigenvalue weighted by Gasteiger charge is 2.37. The van der Waals surface area contributed by atoms with E-state index in [1.54, 1.807) is 0 Å². The molecule has 1 saturated heterocycles. The van der Waals surface area contributed by atoms with Crippen molar-refractivity contribution in [2.75, 3.05) is 36.5 Å². The molecule has 0 amide bonds. The zero-order chi connectivity index (χ0) is 19.7. The third kappa shape index (κ3) is 3.37. The lowest BCUT2D eigenvalue weighted by atomic mass is 9.96. The van der Waals surface area contributed by atoms with E-state index < -0.39 is 0 Å². The van der Waals surface area contributed by atoms with Gasteiger partial charge in [-0.2, -0.15) is 0 Å². The van der Waals surface area contributed by atoms with Gasteiger partial charge in [0.1, 0.15) is 5.69 Å². The van der Waals surface area contributed by atoms with Crippen molar-refractivity contribution in [3.8, 4) is 11.4 Å². The van der Waals surface area contributed by atoms with E-state index in [0.29, 0.717) is 11.8 Å². The highest BCUT2D eigenvalue weighted by molar-refractivity contribution is 5.84. The lowest BCUT2D eigenvalue weighted by molar-refractivity contribution is -0.108. The average Bonchev–Trinajstić information content (AvgIpc) is 2.99. The number of rotatable bonds is 5. The van der Waals surface area contributed by atoms with Crippen LogP contribution >= 0.6 is 0 Å². The maximum atomic E-state index is 11.9. The van der Waals surface area contributed by atoms with Crippen LogP contribution in [-0.2, 0) is 4.79 Å². The van der Waals surface area contributed by atoms with Crippen LogP contribution in [0.2, 0.25) is 0 Å². The van der Waals surface area contributed by atoms with Gasteiger partial charge in [0.25, 0.3) is 0 Å². The maximum absolute atomic E-state index is 11.9. The van der Waals surface area contributed by atoms with Gasteiger partial charge < -0.3 is 15.1 Å². The Morgan fingerprint density at radius 3 is 2.71 bits per heavy atom. The fourth-order valence-corrected chi connectivity index (χ4v) is 4.34. The van der Waals surface area contributed by atoms with Crippen LogP contribution in [0.1, 0.15) is 38.2 Å². The minimum absolute atomic E-state index is 0.310. The van der Waals surface area contributed by atoms with Gasteiger partial charge in [0.05, 0.1) is 6.20 Å². The molecule has 2 aliphatic heterocycles. The van der Waals surface area contributed by atoms with Gasteiger partial charge in [-0.25, -0.2) is 9.97 Å². The van der Waals surface area contributed by atoms with E-state index in [2.05, 4.69) is 47.2 Å².